The first kappa shape index (κ1) is 19.2. The number of nitrogens with one attached hydrogen (secondary N) is 1. The lowest BCUT2D eigenvalue weighted by molar-refractivity contribution is -0.139. The van der Waals surface area contributed by atoms with Gasteiger partial charge in [-0.25, -0.2) is 4.98 Å². The Labute approximate surface area is 161 Å². The van der Waals surface area contributed by atoms with E-state index in [1.54, 1.807) is 6.92 Å². The van der Waals surface area contributed by atoms with Crippen molar-refractivity contribution in [1.29, 1.82) is 0 Å². The smallest absolute Gasteiger partial charge is 0.311 e. The van der Waals surface area contributed by atoms with E-state index in [9.17, 15) is 14.4 Å². The maximum Gasteiger partial charge on any atom is 0.311 e. The van der Waals surface area contributed by atoms with Crippen LogP contribution in [0.15, 0.2) is 40.3 Å². The number of hydrogen-bond donors (Lipinski definition) is 1. The van der Waals surface area contributed by atoms with Gasteiger partial charge >= 0.3 is 5.97 Å². The van der Waals surface area contributed by atoms with Gasteiger partial charge < -0.3 is 14.6 Å². The van der Waals surface area contributed by atoms with E-state index in [2.05, 4.69) is 14.7 Å². The monoisotopic (exact) mass is 387 g/mol. The molecule has 0 aliphatic carbocycles. The molecule has 0 spiro atoms. The number of fused-ring (bicyclic) bond motifs is 1. The minimum absolute atomic E-state index is 0.0431. The second-order valence-corrected chi connectivity index (χ2v) is 7.77. The average molecular weight is 387 g/mol. The largest absolute Gasteiger partial charge is 0.469 e. The van der Waals surface area contributed by atoms with Crippen molar-refractivity contribution in [3.63, 3.8) is 0 Å². The van der Waals surface area contributed by atoms with Gasteiger partial charge in [-0.3, -0.25) is 14.4 Å². The standard InChI is InChI=1S/C19H21N3O4S/c1-11-8-13-6-4-5-7-15(13)22(11)18(25)12(2)27-19-20-14(9-16(23)21-19)10-17(24)26-3/h4-7,9,11-12H,8,10H2,1-3H3,(H,20,21,23)/t11-,12-/m1/s1. The van der Waals surface area contributed by atoms with Crippen molar-refractivity contribution in [2.75, 3.05) is 12.0 Å². The number of aromatic amines is 1. The predicted molar refractivity (Wildman–Crippen MR) is 103 cm³/mol. The first-order valence-corrected chi connectivity index (χ1v) is 9.51. The minimum Gasteiger partial charge on any atom is -0.469 e. The van der Waals surface area contributed by atoms with Crippen molar-refractivity contribution in [2.45, 2.75) is 43.1 Å². The van der Waals surface area contributed by atoms with E-state index in [4.69, 9.17) is 0 Å². The Morgan fingerprint density at radius 3 is 2.89 bits per heavy atom. The lowest BCUT2D eigenvalue weighted by Crippen LogP contribution is -2.40. The number of methoxy groups -OCH3 is 1. The summed E-state index contributed by atoms with van der Waals surface area (Å²) in [5, 5.41) is -0.141. The average Bonchev–Trinajstić information content (AvgIpc) is 2.96. The van der Waals surface area contributed by atoms with E-state index in [0.29, 0.717) is 10.9 Å². The van der Waals surface area contributed by atoms with Crippen LogP contribution < -0.4 is 10.5 Å². The number of thioether (sulfide) groups is 1. The number of anilines is 1. The Morgan fingerprint density at radius 2 is 2.15 bits per heavy atom. The molecule has 0 fully saturated rings. The Kier molecular flexibility index (Phi) is 5.65. The number of H-pyrrole nitrogens is 1. The van der Waals surface area contributed by atoms with Gasteiger partial charge in [0.1, 0.15) is 0 Å². The van der Waals surface area contributed by atoms with Crippen molar-refractivity contribution in [2.24, 2.45) is 0 Å². The molecule has 1 aromatic heterocycles. The molecule has 0 saturated carbocycles. The summed E-state index contributed by atoms with van der Waals surface area (Å²) in [6.45, 7) is 3.81. The number of benzene rings is 1. The molecule has 27 heavy (non-hydrogen) atoms. The van der Waals surface area contributed by atoms with Crippen LogP contribution in [0.1, 0.15) is 25.1 Å². The van der Waals surface area contributed by atoms with Gasteiger partial charge in [0.15, 0.2) is 5.16 Å². The first-order valence-electron chi connectivity index (χ1n) is 8.63. The number of amides is 1. The molecule has 1 aliphatic rings. The van der Waals surface area contributed by atoms with Crippen molar-refractivity contribution < 1.29 is 14.3 Å². The Bertz CT molecular complexity index is 927. The van der Waals surface area contributed by atoms with Gasteiger partial charge in [0, 0.05) is 17.8 Å². The summed E-state index contributed by atoms with van der Waals surface area (Å²) in [5.74, 6) is -0.519. The number of aromatic nitrogens is 2. The fourth-order valence-electron chi connectivity index (χ4n) is 3.16. The van der Waals surface area contributed by atoms with Crippen LogP contribution >= 0.6 is 11.8 Å². The van der Waals surface area contributed by atoms with Gasteiger partial charge in [-0.15, -0.1) is 0 Å². The Morgan fingerprint density at radius 1 is 1.41 bits per heavy atom. The van der Waals surface area contributed by atoms with Crippen LogP contribution in [0.3, 0.4) is 0 Å². The molecule has 142 valence electrons. The van der Waals surface area contributed by atoms with Crippen molar-refractivity contribution in [1.82, 2.24) is 9.97 Å². The number of rotatable bonds is 5. The highest BCUT2D eigenvalue weighted by Crippen LogP contribution is 2.34. The zero-order valence-electron chi connectivity index (χ0n) is 15.4. The van der Waals surface area contributed by atoms with Crippen LogP contribution in [-0.4, -0.2) is 40.2 Å². The van der Waals surface area contributed by atoms with Crippen LogP contribution in [0.25, 0.3) is 0 Å². The summed E-state index contributed by atoms with van der Waals surface area (Å²) in [5.41, 5.74) is 2.03. The Balaban J connectivity index is 1.77. The van der Waals surface area contributed by atoms with Crippen molar-refractivity contribution in [3.8, 4) is 0 Å². The third-order valence-electron chi connectivity index (χ3n) is 4.41. The summed E-state index contributed by atoms with van der Waals surface area (Å²) >= 11 is 1.17. The maximum absolute atomic E-state index is 13.0. The molecule has 2 aromatic rings. The minimum atomic E-state index is -0.476. The molecule has 0 bridgehead atoms. The molecular weight excluding hydrogens is 366 g/mol. The molecule has 1 aromatic carbocycles. The van der Waals surface area contributed by atoms with Crippen LogP contribution in [0.2, 0.25) is 0 Å². The molecule has 0 radical (unpaired) electrons. The second kappa shape index (κ2) is 7.96. The molecule has 1 N–H and O–H groups in total. The molecule has 8 heteroatoms. The fraction of sp³-hybridized carbons (Fsp3) is 0.368. The van der Waals surface area contributed by atoms with Gasteiger partial charge in [-0.2, -0.15) is 0 Å². The van der Waals surface area contributed by atoms with Gasteiger partial charge in [-0.1, -0.05) is 30.0 Å². The highest BCUT2D eigenvalue weighted by molar-refractivity contribution is 8.00. The molecule has 0 saturated heterocycles. The fourth-order valence-corrected chi connectivity index (χ4v) is 4.04. The van der Waals surface area contributed by atoms with Gasteiger partial charge in [0.05, 0.1) is 24.5 Å². The molecule has 7 nitrogen and oxygen atoms in total. The quantitative estimate of drug-likeness (QED) is 0.479. The number of para-hydroxylation sites is 1. The molecule has 1 amide bonds. The third-order valence-corrected chi connectivity index (χ3v) is 5.38. The second-order valence-electron chi connectivity index (χ2n) is 6.44. The van der Waals surface area contributed by atoms with Crippen molar-refractivity contribution in [3.05, 3.63) is 51.9 Å². The number of ether oxygens (including phenoxy) is 1. The molecule has 1 aliphatic heterocycles. The van der Waals surface area contributed by atoms with Gasteiger partial charge in [0.25, 0.3) is 5.56 Å². The SMILES string of the molecule is COC(=O)Cc1cc(=O)[nH]c(S[C@H](C)C(=O)N2c3ccccc3C[C@H]2C)n1. The van der Waals surface area contributed by atoms with E-state index < -0.39 is 11.2 Å². The third kappa shape index (κ3) is 4.21. The van der Waals surface area contributed by atoms with E-state index in [0.717, 1.165) is 17.7 Å². The number of esters is 1. The summed E-state index contributed by atoms with van der Waals surface area (Å²) in [7, 11) is 1.28. The summed E-state index contributed by atoms with van der Waals surface area (Å²) in [4.78, 5) is 45.0. The Hall–Kier alpha value is -2.61. The predicted octanol–water partition coefficient (Wildman–Crippen LogP) is 1.94. The van der Waals surface area contributed by atoms with E-state index in [-0.39, 0.29) is 23.9 Å². The maximum atomic E-state index is 13.0. The summed E-state index contributed by atoms with van der Waals surface area (Å²) in [6, 6.07) is 9.21. The lowest BCUT2D eigenvalue weighted by Gasteiger charge is -2.25. The number of hydrogen-bond acceptors (Lipinski definition) is 6. The topological polar surface area (TPSA) is 92.4 Å². The van der Waals surface area contributed by atoms with Crippen LogP contribution in [0, 0.1) is 0 Å². The van der Waals surface area contributed by atoms with Gasteiger partial charge in [0.2, 0.25) is 5.91 Å². The first-order chi connectivity index (χ1) is 12.9. The van der Waals surface area contributed by atoms with Crippen LogP contribution in [0.4, 0.5) is 5.69 Å². The van der Waals surface area contributed by atoms with E-state index >= 15 is 0 Å². The molecule has 2 atom stereocenters. The number of carbonyl (C=O) groups is 2. The normalized spacial score (nSPS) is 16.7. The highest BCUT2D eigenvalue weighted by atomic mass is 32.2. The zero-order valence-corrected chi connectivity index (χ0v) is 16.2. The number of carbonyl (C=O) groups excluding carboxylic acids is 2. The summed E-state index contributed by atoms with van der Waals surface area (Å²) in [6.07, 6.45) is 0.732. The number of nitrogens with zero attached hydrogens (tertiary/aromatic N) is 2. The highest BCUT2D eigenvalue weighted by Gasteiger charge is 2.33. The van der Waals surface area contributed by atoms with Crippen LogP contribution in [-0.2, 0) is 27.2 Å². The lowest BCUT2D eigenvalue weighted by atomic mass is 10.1. The zero-order chi connectivity index (χ0) is 19.6. The summed E-state index contributed by atoms with van der Waals surface area (Å²) < 4.78 is 4.61. The van der Waals surface area contributed by atoms with E-state index in [1.165, 1.54) is 24.9 Å². The van der Waals surface area contributed by atoms with E-state index in [1.807, 2.05) is 36.1 Å². The van der Waals surface area contributed by atoms with Crippen LogP contribution in [0.5, 0.6) is 0 Å². The molecular formula is C19H21N3O4S. The molecule has 3 rings (SSSR count). The molecule has 0 unspecified atom stereocenters. The van der Waals surface area contributed by atoms with Crippen molar-refractivity contribution >= 4 is 29.3 Å². The molecule has 2 heterocycles. The van der Waals surface area contributed by atoms with Gasteiger partial charge in [-0.05, 0) is 31.9 Å².